The fourth-order valence-corrected chi connectivity index (χ4v) is 2.25. The van der Waals surface area contributed by atoms with E-state index in [0.29, 0.717) is 0 Å². The summed E-state index contributed by atoms with van der Waals surface area (Å²) in [7, 11) is 0. The summed E-state index contributed by atoms with van der Waals surface area (Å²) in [4.78, 5) is 8.22. The molecule has 5 heteroatoms. The van der Waals surface area contributed by atoms with E-state index in [2.05, 4.69) is 16.9 Å². The Morgan fingerprint density at radius 3 is 2.05 bits per heavy atom. The fourth-order valence-electron chi connectivity index (χ4n) is 2.25. The molecule has 0 aliphatic carbocycles. The first-order valence-corrected chi connectivity index (χ1v) is 7.57. The first-order valence-electron chi connectivity index (χ1n) is 7.57. The summed E-state index contributed by atoms with van der Waals surface area (Å²) in [6.07, 6.45) is 10.1. The Morgan fingerprint density at radius 2 is 1.45 bits per heavy atom. The van der Waals surface area contributed by atoms with Crippen molar-refractivity contribution in [2.24, 2.45) is 0 Å². The molecule has 0 radical (unpaired) electrons. The van der Waals surface area contributed by atoms with Gasteiger partial charge >= 0.3 is 0 Å². The summed E-state index contributed by atoms with van der Waals surface area (Å²) in [5.74, 6) is -3.77. The third kappa shape index (κ3) is 4.29. The van der Waals surface area contributed by atoms with Gasteiger partial charge in [-0.05, 0) is 30.5 Å². The number of unbranched alkanes of at least 4 members (excludes halogenated alkanes) is 4. The Kier molecular flexibility index (Phi) is 5.92. The summed E-state index contributed by atoms with van der Waals surface area (Å²) >= 11 is 0. The number of benzene rings is 1. The fraction of sp³-hybridized carbons (Fsp3) is 0.412. The molecule has 2 aromatic rings. The summed E-state index contributed by atoms with van der Waals surface area (Å²) in [6, 6.07) is 1.80. The van der Waals surface area contributed by atoms with E-state index in [0.717, 1.165) is 30.5 Å². The van der Waals surface area contributed by atoms with E-state index < -0.39 is 17.5 Å². The van der Waals surface area contributed by atoms with Gasteiger partial charge in [0.25, 0.3) is 0 Å². The normalized spacial score (nSPS) is 10.9. The number of aromatic nitrogens is 2. The molecule has 22 heavy (non-hydrogen) atoms. The predicted octanol–water partition coefficient (Wildman–Crippen LogP) is 5.07. The number of nitrogens with zero attached hydrogens (tertiary/aromatic N) is 2. The Morgan fingerprint density at radius 1 is 0.864 bits per heavy atom. The molecule has 0 bridgehead atoms. The van der Waals surface area contributed by atoms with Crippen LogP contribution in [0, 0.1) is 17.5 Å². The molecule has 0 unspecified atom stereocenters. The molecule has 0 fully saturated rings. The van der Waals surface area contributed by atoms with Crippen LogP contribution in [-0.4, -0.2) is 9.97 Å². The molecule has 2 rings (SSSR count). The maximum atomic E-state index is 13.2. The highest BCUT2D eigenvalue weighted by atomic mass is 19.2. The van der Waals surface area contributed by atoms with E-state index in [9.17, 15) is 13.2 Å². The van der Waals surface area contributed by atoms with Gasteiger partial charge in [0.2, 0.25) is 0 Å². The van der Waals surface area contributed by atoms with Crippen LogP contribution in [-0.2, 0) is 6.42 Å². The molecule has 0 spiro atoms. The van der Waals surface area contributed by atoms with Gasteiger partial charge in [-0.25, -0.2) is 23.1 Å². The van der Waals surface area contributed by atoms with Gasteiger partial charge in [0, 0.05) is 18.0 Å². The van der Waals surface area contributed by atoms with E-state index in [1.807, 2.05) is 0 Å². The van der Waals surface area contributed by atoms with Crippen molar-refractivity contribution in [1.82, 2.24) is 9.97 Å². The van der Waals surface area contributed by atoms with Crippen LogP contribution < -0.4 is 0 Å². The van der Waals surface area contributed by atoms with E-state index >= 15 is 0 Å². The average Bonchev–Trinajstić information content (AvgIpc) is 2.52. The quantitative estimate of drug-likeness (QED) is 0.527. The molecule has 0 N–H and O–H groups in total. The van der Waals surface area contributed by atoms with Crippen molar-refractivity contribution in [3.8, 4) is 11.4 Å². The SMILES string of the molecule is CCCCCCCc1cnc(-c2cc(F)c(F)c(F)c2)nc1. The van der Waals surface area contributed by atoms with Crippen molar-refractivity contribution in [3.63, 3.8) is 0 Å². The Balaban J connectivity index is 2.00. The summed E-state index contributed by atoms with van der Waals surface area (Å²) in [5, 5.41) is 0. The Labute approximate surface area is 128 Å². The lowest BCUT2D eigenvalue weighted by atomic mass is 10.1. The van der Waals surface area contributed by atoms with Crippen molar-refractivity contribution >= 4 is 0 Å². The molecule has 118 valence electrons. The van der Waals surface area contributed by atoms with Gasteiger partial charge in [0.1, 0.15) is 0 Å². The molecule has 0 aliphatic heterocycles. The first-order chi connectivity index (χ1) is 10.6. The van der Waals surface area contributed by atoms with Crippen LogP contribution in [0.25, 0.3) is 11.4 Å². The van der Waals surface area contributed by atoms with E-state index in [4.69, 9.17) is 0 Å². The zero-order valence-electron chi connectivity index (χ0n) is 12.6. The zero-order chi connectivity index (χ0) is 15.9. The molecule has 1 aromatic heterocycles. The van der Waals surface area contributed by atoms with E-state index in [-0.39, 0.29) is 11.4 Å². The first kappa shape index (κ1) is 16.5. The van der Waals surface area contributed by atoms with Gasteiger partial charge in [-0.2, -0.15) is 0 Å². The van der Waals surface area contributed by atoms with Crippen LogP contribution in [0.1, 0.15) is 44.6 Å². The van der Waals surface area contributed by atoms with Crippen molar-refractivity contribution in [2.75, 3.05) is 0 Å². The monoisotopic (exact) mass is 308 g/mol. The molecule has 0 aliphatic rings. The lowest BCUT2D eigenvalue weighted by Crippen LogP contribution is -1.96. The van der Waals surface area contributed by atoms with Gasteiger partial charge in [-0.15, -0.1) is 0 Å². The molecular weight excluding hydrogens is 289 g/mol. The number of halogens is 3. The van der Waals surface area contributed by atoms with Crippen LogP contribution in [0.4, 0.5) is 13.2 Å². The van der Waals surface area contributed by atoms with E-state index in [1.54, 1.807) is 12.4 Å². The minimum atomic E-state index is -1.48. The highest BCUT2D eigenvalue weighted by Gasteiger charge is 2.12. The molecule has 1 heterocycles. The molecular formula is C17H19F3N2. The molecule has 2 nitrogen and oxygen atoms in total. The molecule has 0 atom stereocenters. The number of hydrogen-bond acceptors (Lipinski definition) is 2. The van der Waals surface area contributed by atoms with Crippen LogP contribution in [0.3, 0.4) is 0 Å². The second-order valence-electron chi connectivity index (χ2n) is 5.33. The average molecular weight is 308 g/mol. The highest BCUT2D eigenvalue weighted by molar-refractivity contribution is 5.54. The molecule has 0 saturated heterocycles. The molecule has 1 aromatic carbocycles. The lowest BCUT2D eigenvalue weighted by molar-refractivity contribution is 0.447. The standard InChI is InChI=1S/C17H19F3N2/c1-2-3-4-5-6-7-12-10-21-17(22-11-12)13-8-14(18)16(20)15(19)9-13/h8-11H,2-7H2,1H3. The minimum Gasteiger partial charge on any atom is -0.236 e. The van der Waals surface area contributed by atoms with Crippen molar-refractivity contribution < 1.29 is 13.2 Å². The topological polar surface area (TPSA) is 25.8 Å². The summed E-state index contributed by atoms with van der Waals surface area (Å²) in [6.45, 7) is 2.17. The van der Waals surface area contributed by atoms with Gasteiger partial charge < -0.3 is 0 Å². The van der Waals surface area contributed by atoms with Crippen LogP contribution in [0.5, 0.6) is 0 Å². The third-order valence-corrected chi connectivity index (χ3v) is 3.52. The van der Waals surface area contributed by atoms with Gasteiger partial charge in [-0.1, -0.05) is 32.6 Å². The minimum absolute atomic E-state index is 0.130. The van der Waals surface area contributed by atoms with E-state index in [1.165, 1.54) is 25.7 Å². The lowest BCUT2D eigenvalue weighted by Gasteiger charge is -2.04. The molecule has 0 saturated carbocycles. The van der Waals surface area contributed by atoms with Crippen LogP contribution >= 0.6 is 0 Å². The second kappa shape index (κ2) is 7.92. The van der Waals surface area contributed by atoms with Crippen molar-refractivity contribution in [2.45, 2.75) is 45.4 Å². The van der Waals surface area contributed by atoms with Crippen molar-refractivity contribution in [1.29, 1.82) is 0 Å². The van der Waals surface area contributed by atoms with Crippen molar-refractivity contribution in [3.05, 3.63) is 47.5 Å². The number of rotatable bonds is 7. The summed E-state index contributed by atoms with van der Waals surface area (Å²) in [5.41, 5.74) is 1.12. The van der Waals surface area contributed by atoms with Crippen LogP contribution in [0.2, 0.25) is 0 Å². The Hall–Kier alpha value is -1.91. The Bertz CT molecular complexity index is 589. The summed E-state index contributed by atoms with van der Waals surface area (Å²) < 4.78 is 39.3. The largest absolute Gasteiger partial charge is 0.236 e. The van der Waals surface area contributed by atoms with Gasteiger partial charge in [0.15, 0.2) is 23.3 Å². The van der Waals surface area contributed by atoms with Gasteiger partial charge in [0.05, 0.1) is 0 Å². The highest BCUT2D eigenvalue weighted by Crippen LogP contribution is 2.21. The second-order valence-corrected chi connectivity index (χ2v) is 5.33. The third-order valence-electron chi connectivity index (χ3n) is 3.52. The number of aryl methyl sites for hydroxylation is 1. The smallest absolute Gasteiger partial charge is 0.194 e. The zero-order valence-corrected chi connectivity index (χ0v) is 12.6. The maximum Gasteiger partial charge on any atom is 0.194 e. The van der Waals surface area contributed by atoms with Gasteiger partial charge in [-0.3, -0.25) is 0 Å². The van der Waals surface area contributed by atoms with Crippen LogP contribution in [0.15, 0.2) is 24.5 Å². The predicted molar refractivity (Wildman–Crippen MR) is 79.8 cm³/mol. The molecule has 0 amide bonds. The number of hydrogen-bond donors (Lipinski definition) is 0. The maximum absolute atomic E-state index is 13.2.